The third kappa shape index (κ3) is 3.82. The van der Waals surface area contributed by atoms with Gasteiger partial charge in [-0.3, -0.25) is 10.1 Å². The van der Waals surface area contributed by atoms with Gasteiger partial charge >= 0.3 is 6.03 Å². The molecule has 0 saturated carbocycles. The van der Waals surface area contributed by atoms with Crippen LogP contribution >= 0.6 is 23.1 Å². The number of hydrogen-bond donors (Lipinski definition) is 2. The van der Waals surface area contributed by atoms with Gasteiger partial charge in [0.25, 0.3) is 0 Å². The predicted molar refractivity (Wildman–Crippen MR) is 80.6 cm³/mol. The zero-order valence-electron chi connectivity index (χ0n) is 10.7. The molecule has 0 aliphatic carbocycles. The summed E-state index contributed by atoms with van der Waals surface area (Å²) in [6.07, 6.45) is 0. The molecule has 1 heterocycles. The van der Waals surface area contributed by atoms with Crippen LogP contribution in [0.5, 0.6) is 0 Å². The van der Waals surface area contributed by atoms with Gasteiger partial charge in [-0.1, -0.05) is 42.1 Å². The second-order valence-corrected chi connectivity index (χ2v) is 6.42. The van der Waals surface area contributed by atoms with Gasteiger partial charge in [-0.25, -0.2) is 9.78 Å². The Balaban J connectivity index is 2.03. The lowest BCUT2D eigenvalue weighted by molar-refractivity contribution is -0.119. The summed E-state index contributed by atoms with van der Waals surface area (Å²) in [6, 6.07) is 8.96. The molecule has 0 saturated heterocycles. The van der Waals surface area contributed by atoms with E-state index >= 15 is 0 Å². The molecule has 2 rings (SSSR count). The molecule has 0 spiro atoms. The molecule has 3 N–H and O–H groups in total. The van der Waals surface area contributed by atoms with Crippen molar-refractivity contribution in [3.8, 4) is 11.3 Å². The number of thioether (sulfide) groups is 1. The SMILES string of the molecule is C[C@@H](Sc1nc(-c2ccccc2)cs1)C(=O)NC(N)=O. The van der Waals surface area contributed by atoms with E-state index in [0.717, 1.165) is 15.6 Å². The average Bonchev–Trinajstić information content (AvgIpc) is 2.87. The monoisotopic (exact) mass is 307 g/mol. The standard InChI is InChI=1S/C13H13N3O2S2/c1-8(11(17)16-12(14)18)20-13-15-10(7-19-13)9-5-3-2-4-6-9/h2-8H,1H3,(H3,14,16,17,18)/t8-/m1/s1. The van der Waals surface area contributed by atoms with Crippen LogP contribution in [0.2, 0.25) is 0 Å². The fourth-order valence-electron chi connectivity index (χ4n) is 1.48. The first-order chi connectivity index (χ1) is 9.56. The maximum atomic E-state index is 11.6. The Morgan fingerprint density at radius 1 is 1.35 bits per heavy atom. The van der Waals surface area contributed by atoms with Crippen LogP contribution < -0.4 is 11.1 Å². The number of nitrogens with zero attached hydrogens (tertiary/aromatic N) is 1. The van der Waals surface area contributed by atoms with Crippen molar-refractivity contribution < 1.29 is 9.59 Å². The summed E-state index contributed by atoms with van der Waals surface area (Å²) in [5.41, 5.74) is 6.82. The second kappa shape index (κ2) is 6.53. The van der Waals surface area contributed by atoms with Crippen LogP contribution in [-0.2, 0) is 4.79 Å². The summed E-state index contributed by atoms with van der Waals surface area (Å²) < 4.78 is 0.774. The molecule has 20 heavy (non-hydrogen) atoms. The highest BCUT2D eigenvalue weighted by Crippen LogP contribution is 2.30. The highest BCUT2D eigenvalue weighted by atomic mass is 32.2. The lowest BCUT2D eigenvalue weighted by Crippen LogP contribution is -2.39. The molecule has 0 aliphatic rings. The van der Waals surface area contributed by atoms with Crippen molar-refractivity contribution in [1.82, 2.24) is 10.3 Å². The zero-order chi connectivity index (χ0) is 14.5. The molecule has 5 nitrogen and oxygen atoms in total. The van der Waals surface area contributed by atoms with Crippen LogP contribution in [0, 0.1) is 0 Å². The van der Waals surface area contributed by atoms with Crippen molar-refractivity contribution in [3.63, 3.8) is 0 Å². The second-order valence-electron chi connectivity index (χ2n) is 3.98. The molecule has 0 radical (unpaired) electrons. The minimum absolute atomic E-state index is 0.418. The Labute approximate surface area is 124 Å². The normalized spacial score (nSPS) is 11.8. The van der Waals surface area contributed by atoms with Crippen LogP contribution in [0.4, 0.5) is 4.79 Å². The van der Waals surface area contributed by atoms with Gasteiger partial charge in [-0.15, -0.1) is 11.3 Å². The molecule has 1 atom stereocenters. The number of nitrogens with one attached hydrogen (secondary N) is 1. The number of rotatable bonds is 4. The average molecular weight is 307 g/mol. The van der Waals surface area contributed by atoms with E-state index in [4.69, 9.17) is 5.73 Å². The van der Waals surface area contributed by atoms with Crippen LogP contribution in [0.3, 0.4) is 0 Å². The Morgan fingerprint density at radius 3 is 2.70 bits per heavy atom. The molecule has 7 heteroatoms. The van der Waals surface area contributed by atoms with E-state index < -0.39 is 17.2 Å². The summed E-state index contributed by atoms with van der Waals surface area (Å²) in [4.78, 5) is 26.7. The third-order valence-corrected chi connectivity index (χ3v) is 4.52. The molecule has 0 unspecified atom stereocenters. The number of aromatic nitrogens is 1. The first kappa shape index (κ1) is 14.5. The van der Waals surface area contributed by atoms with Gasteiger partial charge < -0.3 is 5.73 Å². The van der Waals surface area contributed by atoms with Crippen LogP contribution in [0.1, 0.15) is 6.92 Å². The largest absolute Gasteiger partial charge is 0.351 e. The summed E-state index contributed by atoms with van der Waals surface area (Å²) in [7, 11) is 0. The Hall–Kier alpha value is -1.86. The zero-order valence-corrected chi connectivity index (χ0v) is 12.3. The lowest BCUT2D eigenvalue weighted by atomic mass is 10.2. The number of primary amides is 1. The van der Waals surface area contributed by atoms with Crippen molar-refractivity contribution in [2.45, 2.75) is 16.5 Å². The molecule has 1 aromatic heterocycles. The fraction of sp³-hybridized carbons (Fsp3) is 0.154. The van der Waals surface area contributed by atoms with E-state index in [9.17, 15) is 9.59 Å². The molecule has 0 bridgehead atoms. The molecule has 2 aromatic rings. The van der Waals surface area contributed by atoms with Gasteiger partial charge in [0.1, 0.15) is 0 Å². The minimum atomic E-state index is -0.841. The highest BCUT2D eigenvalue weighted by Gasteiger charge is 2.17. The van der Waals surface area contributed by atoms with Gasteiger partial charge in [-0.2, -0.15) is 0 Å². The predicted octanol–water partition coefficient (Wildman–Crippen LogP) is 2.49. The molecular formula is C13H13N3O2S2. The summed E-state index contributed by atoms with van der Waals surface area (Å²) in [5, 5.41) is 3.56. The summed E-state index contributed by atoms with van der Waals surface area (Å²) in [5.74, 6) is -0.418. The molecule has 104 valence electrons. The highest BCUT2D eigenvalue weighted by molar-refractivity contribution is 8.02. The molecule has 1 aromatic carbocycles. The first-order valence-corrected chi connectivity index (χ1v) is 7.60. The third-order valence-electron chi connectivity index (χ3n) is 2.45. The number of nitrogens with two attached hydrogens (primary N) is 1. The number of carbonyl (C=O) groups excluding carboxylic acids is 2. The fourth-order valence-corrected chi connectivity index (χ4v) is 3.45. The Bertz CT molecular complexity index is 613. The van der Waals surface area contributed by atoms with Crippen molar-refractivity contribution in [2.24, 2.45) is 5.73 Å². The number of amides is 3. The van der Waals surface area contributed by atoms with Crippen molar-refractivity contribution in [1.29, 1.82) is 0 Å². The van der Waals surface area contributed by atoms with Crippen LogP contribution in [0.25, 0.3) is 11.3 Å². The number of carbonyl (C=O) groups is 2. The molecule has 3 amide bonds. The van der Waals surface area contributed by atoms with E-state index in [2.05, 4.69) is 10.3 Å². The quantitative estimate of drug-likeness (QED) is 0.850. The number of urea groups is 1. The number of imide groups is 1. The molecular weight excluding hydrogens is 294 g/mol. The number of thiazole rings is 1. The van der Waals surface area contributed by atoms with Gasteiger partial charge in [0.05, 0.1) is 10.9 Å². The lowest BCUT2D eigenvalue weighted by Gasteiger charge is -2.07. The maximum absolute atomic E-state index is 11.6. The van der Waals surface area contributed by atoms with E-state index in [1.807, 2.05) is 35.7 Å². The van der Waals surface area contributed by atoms with Crippen molar-refractivity contribution in [2.75, 3.05) is 0 Å². The number of benzene rings is 1. The minimum Gasteiger partial charge on any atom is -0.351 e. The Morgan fingerprint density at radius 2 is 2.05 bits per heavy atom. The van der Waals surface area contributed by atoms with Gasteiger partial charge in [-0.05, 0) is 6.92 Å². The van der Waals surface area contributed by atoms with Crippen molar-refractivity contribution >= 4 is 35.0 Å². The van der Waals surface area contributed by atoms with Gasteiger partial charge in [0.15, 0.2) is 4.34 Å². The van der Waals surface area contributed by atoms with E-state index in [0.29, 0.717) is 0 Å². The topological polar surface area (TPSA) is 85.1 Å². The van der Waals surface area contributed by atoms with E-state index in [-0.39, 0.29) is 0 Å². The smallest absolute Gasteiger partial charge is 0.318 e. The van der Waals surface area contributed by atoms with Crippen molar-refractivity contribution in [3.05, 3.63) is 35.7 Å². The molecule has 0 aliphatic heterocycles. The van der Waals surface area contributed by atoms with Crippen LogP contribution in [0.15, 0.2) is 40.1 Å². The van der Waals surface area contributed by atoms with E-state index in [1.54, 1.807) is 6.92 Å². The van der Waals surface area contributed by atoms with Crippen LogP contribution in [-0.4, -0.2) is 22.2 Å². The number of hydrogen-bond acceptors (Lipinski definition) is 5. The summed E-state index contributed by atoms with van der Waals surface area (Å²) >= 11 is 2.76. The van der Waals surface area contributed by atoms with Gasteiger partial charge in [0, 0.05) is 10.9 Å². The maximum Gasteiger partial charge on any atom is 0.318 e. The van der Waals surface area contributed by atoms with Gasteiger partial charge in [0.2, 0.25) is 5.91 Å². The Kier molecular flexibility index (Phi) is 4.75. The van der Waals surface area contributed by atoms with E-state index in [1.165, 1.54) is 23.1 Å². The molecule has 0 fully saturated rings. The summed E-state index contributed by atoms with van der Waals surface area (Å²) in [6.45, 7) is 1.70. The first-order valence-electron chi connectivity index (χ1n) is 5.84.